The summed E-state index contributed by atoms with van der Waals surface area (Å²) in [6, 6.07) is 0. The van der Waals surface area contributed by atoms with Crippen LogP contribution in [0.3, 0.4) is 0 Å². The van der Waals surface area contributed by atoms with E-state index in [0.717, 1.165) is 32.1 Å². The van der Waals surface area contributed by atoms with E-state index in [9.17, 15) is 8.42 Å². The highest BCUT2D eigenvalue weighted by molar-refractivity contribution is 7.89. The molecule has 96 valence electrons. The van der Waals surface area contributed by atoms with Gasteiger partial charge in [-0.05, 0) is 26.2 Å². The van der Waals surface area contributed by atoms with Gasteiger partial charge in [0.15, 0.2) is 0 Å². The molecule has 0 amide bonds. The molecule has 0 radical (unpaired) electrons. The number of nitrogens with zero attached hydrogens (tertiary/aromatic N) is 1. The van der Waals surface area contributed by atoms with Gasteiger partial charge < -0.3 is 5.73 Å². The lowest BCUT2D eigenvalue weighted by Crippen LogP contribution is -2.53. The molecule has 1 saturated carbocycles. The standard InChI is InChI=1S/C11H24N2O2S/c1-4-11(2,9-12)13(3)16(14,15)10-7-5-6-8-10/h10H,4-9,12H2,1-3H3. The largest absolute Gasteiger partial charge is 0.329 e. The van der Waals surface area contributed by atoms with Crippen molar-refractivity contribution in [3.8, 4) is 0 Å². The fourth-order valence-electron chi connectivity index (χ4n) is 2.21. The molecule has 0 saturated heterocycles. The summed E-state index contributed by atoms with van der Waals surface area (Å²) in [5, 5.41) is -0.185. The molecule has 0 bridgehead atoms. The fourth-order valence-corrected chi connectivity index (χ4v) is 4.41. The second kappa shape index (κ2) is 5.02. The molecular weight excluding hydrogens is 224 g/mol. The summed E-state index contributed by atoms with van der Waals surface area (Å²) < 4.78 is 26.2. The number of hydrogen-bond acceptors (Lipinski definition) is 3. The van der Waals surface area contributed by atoms with Crippen molar-refractivity contribution in [1.82, 2.24) is 4.31 Å². The van der Waals surface area contributed by atoms with Gasteiger partial charge in [0.05, 0.1) is 5.25 Å². The predicted molar refractivity (Wildman–Crippen MR) is 66.7 cm³/mol. The highest BCUT2D eigenvalue weighted by Gasteiger charge is 2.39. The summed E-state index contributed by atoms with van der Waals surface area (Å²) in [5.41, 5.74) is 5.26. The van der Waals surface area contributed by atoms with E-state index in [0.29, 0.717) is 6.54 Å². The molecule has 16 heavy (non-hydrogen) atoms. The number of likely N-dealkylation sites (N-methyl/N-ethyl adjacent to an activating group) is 1. The van der Waals surface area contributed by atoms with Crippen LogP contribution in [0, 0.1) is 0 Å². The number of hydrogen-bond donors (Lipinski definition) is 1. The average molecular weight is 248 g/mol. The molecule has 1 fully saturated rings. The van der Waals surface area contributed by atoms with E-state index in [-0.39, 0.29) is 5.25 Å². The highest BCUT2D eigenvalue weighted by atomic mass is 32.2. The average Bonchev–Trinajstić information content (AvgIpc) is 2.81. The summed E-state index contributed by atoms with van der Waals surface area (Å²) in [7, 11) is -1.50. The van der Waals surface area contributed by atoms with Crippen molar-refractivity contribution >= 4 is 10.0 Å². The maximum atomic E-state index is 12.4. The van der Waals surface area contributed by atoms with Crippen LogP contribution in [0.2, 0.25) is 0 Å². The summed E-state index contributed by atoms with van der Waals surface area (Å²) in [6.45, 7) is 4.26. The van der Waals surface area contributed by atoms with Crippen molar-refractivity contribution in [2.45, 2.75) is 56.7 Å². The van der Waals surface area contributed by atoms with Gasteiger partial charge in [-0.2, -0.15) is 4.31 Å². The number of sulfonamides is 1. The van der Waals surface area contributed by atoms with E-state index in [2.05, 4.69) is 0 Å². The Morgan fingerprint density at radius 1 is 1.38 bits per heavy atom. The van der Waals surface area contributed by atoms with Crippen LogP contribution >= 0.6 is 0 Å². The van der Waals surface area contributed by atoms with Crippen molar-refractivity contribution in [1.29, 1.82) is 0 Å². The Morgan fingerprint density at radius 3 is 2.25 bits per heavy atom. The Bertz CT molecular complexity index is 317. The molecule has 1 aliphatic rings. The van der Waals surface area contributed by atoms with Crippen molar-refractivity contribution < 1.29 is 8.42 Å². The monoisotopic (exact) mass is 248 g/mol. The Hall–Kier alpha value is -0.130. The molecule has 0 aliphatic heterocycles. The molecule has 0 aromatic heterocycles. The Labute approximate surface area is 99.2 Å². The lowest BCUT2D eigenvalue weighted by Gasteiger charge is -2.37. The second-order valence-electron chi connectivity index (χ2n) is 4.97. The molecule has 1 atom stereocenters. The third-order valence-electron chi connectivity index (χ3n) is 4.07. The Morgan fingerprint density at radius 2 is 1.88 bits per heavy atom. The second-order valence-corrected chi connectivity index (χ2v) is 7.22. The summed E-state index contributed by atoms with van der Waals surface area (Å²) in [6.07, 6.45) is 4.41. The zero-order valence-corrected chi connectivity index (χ0v) is 11.4. The molecular formula is C11H24N2O2S. The zero-order chi connectivity index (χ0) is 12.4. The van der Waals surface area contributed by atoms with E-state index in [4.69, 9.17) is 5.73 Å². The molecule has 2 N–H and O–H groups in total. The molecule has 4 nitrogen and oxygen atoms in total. The molecule has 0 aromatic rings. The van der Waals surface area contributed by atoms with Crippen LogP contribution in [-0.2, 0) is 10.0 Å². The summed E-state index contributed by atoms with van der Waals surface area (Å²) in [5.74, 6) is 0. The van der Waals surface area contributed by atoms with Gasteiger partial charge in [-0.25, -0.2) is 8.42 Å². The quantitative estimate of drug-likeness (QED) is 0.798. The van der Waals surface area contributed by atoms with E-state index in [1.54, 1.807) is 7.05 Å². The lowest BCUT2D eigenvalue weighted by atomic mass is 10.00. The molecule has 1 rings (SSSR count). The van der Waals surface area contributed by atoms with Crippen molar-refractivity contribution in [3.63, 3.8) is 0 Å². The van der Waals surface area contributed by atoms with Gasteiger partial charge in [0, 0.05) is 19.1 Å². The summed E-state index contributed by atoms with van der Waals surface area (Å²) >= 11 is 0. The SMILES string of the molecule is CCC(C)(CN)N(C)S(=O)(=O)C1CCCC1. The third kappa shape index (κ3) is 2.41. The van der Waals surface area contributed by atoms with Gasteiger partial charge in [0.2, 0.25) is 10.0 Å². The van der Waals surface area contributed by atoms with E-state index in [1.807, 2.05) is 13.8 Å². The number of rotatable bonds is 5. The van der Waals surface area contributed by atoms with Gasteiger partial charge in [-0.15, -0.1) is 0 Å². The highest BCUT2D eigenvalue weighted by Crippen LogP contribution is 2.30. The van der Waals surface area contributed by atoms with Crippen molar-refractivity contribution in [2.24, 2.45) is 5.73 Å². The first kappa shape index (κ1) is 13.9. The van der Waals surface area contributed by atoms with Crippen LogP contribution in [0.1, 0.15) is 46.0 Å². The van der Waals surface area contributed by atoms with E-state index in [1.165, 1.54) is 4.31 Å². The van der Waals surface area contributed by atoms with Crippen LogP contribution in [0.15, 0.2) is 0 Å². The van der Waals surface area contributed by atoms with Crippen molar-refractivity contribution in [2.75, 3.05) is 13.6 Å². The van der Waals surface area contributed by atoms with Crippen molar-refractivity contribution in [3.05, 3.63) is 0 Å². The lowest BCUT2D eigenvalue weighted by molar-refractivity contribution is 0.238. The number of nitrogens with two attached hydrogens (primary N) is 1. The molecule has 0 aromatic carbocycles. The summed E-state index contributed by atoms with van der Waals surface area (Å²) in [4.78, 5) is 0. The van der Waals surface area contributed by atoms with Gasteiger partial charge in [-0.1, -0.05) is 19.8 Å². The maximum Gasteiger partial charge on any atom is 0.217 e. The first-order valence-corrected chi connectivity index (χ1v) is 7.56. The van der Waals surface area contributed by atoms with Crippen LogP contribution < -0.4 is 5.73 Å². The Kier molecular flexibility index (Phi) is 4.37. The maximum absolute atomic E-state index is 12.4. The van der Waals surface area contributed by atoms with E-state index >= 15 is 0 Å². The van der Waals surface area contributed by atoms with Crippen LogP contribution in [0.25, 0.3) is 0 Å². The van der Waals surface area contributed by atoms with Crippen LogP contribution in [0.5, 0.6) is 0 Å². The van der Waals surface area contributed by atoms with E-state index < -0.39 is 15.6 Å². The van der Waals surface area contributed by atoms with Gasteiger partial charge in [-0.3, -0.25) is 0 Å². The zero-order valence-electron chi connectivity index (χ0n) is 10.6. The topological polar surface area (TPSA) is 63.4 Å². The molecule has 0 heterocycles. The van der Waals surface area contributed by atoms with Crippen LogP contribution in [0.4, 0.5) is 0 Å². The van der Waals surface area contributed by atoms with Crippen LogP contribution in [-0.4, -0.2) is 37.1 Å². The van der Waals surface area contributed by atoms with Gasteiger partial charge in [0.25, 0.3) is 0 Å². The molecule has 5 heteroatoms. The Balaban J connectivity index is 2.90. The third-order valence-corrected chi connectivity index (χ3v) is 6.58. The van der Waals surface area contributed by atoms with Gasteiger partial charge >= 0.3 is 0 Å². The molecule has 1 aliphatic carbocycles. The molecule has 1 unspecified atom stereocenters. The first-order chi connectivity index (χ1) is 7.38. The van der Waals surface area contributed by atoms with Gasteiger partial charge in [0.1, 0.15) is 0 Å². The molecule has 0 spiro atoms. The smallest absolute Gasteiger partial charge is 0.217 e. The normalized spacial score (nSPS) is 22.6. The minimum Gasteiger partial charge on any atom is -0.329 e. The minimum atomic E-state index is -3.17. The fraction of sp³-hybridized carbons (Fsp3) is 1.00. The first-order valence-electron chi connectivity index (χ1n) is 6.06. The minimum absolute atomic E-state index is 0.185. The predicted octanol–water partition coefficient (Wildman–Crippen LogP) is 1.32.